The second-order valence-corrected chi connectivity index (χ2v) is 6.37. The molecule has 122 valence electrons. The fraction of sp³-hybridized carbons (Fsp3) is 0.250. The van der Waals surface area contributed by atoms with Crippen LogP contribution >= 0.6 is 0 Å². The van der Waals surface area contributed by atoms with E-state index in [4.69, 9.17) is 4.42 Å². The first-order valence-electron chi connectivity index (χ1n) is 8.10. The van der Waals surface area contributed by atoms with E-state index in [9.17, 15) is 9.18 Å². The van der Waals surface area contributed by atoms with Gasteiger partial charge < -0.3 is 9.32 Å². The van der Waals surface area contributed by atoms with Crippen LogP contribution in [0.15, 0.2) is 46.9 Å². The molecule has 3 nitrogen and oxygen atoms in total. The molecule has 24 heavy (non-hydrogen) atoms. The molecule has 0 unspecified atom stereocenters. The van der Waals surface area contributed by atoms with Gasteiger partial charge in [-0.3, -0.25) is 4.79 Å². The molecule has 4 heteroatoms. The summed E-state index contributed by atoms with van der Waals surface area (Å²) in [5.41, 5.74) is 3.73. The summed E-state index contributed by atoms with van der Waals surface area (Å²) < 4.78 is 19.2. The lowest BCUT2D eigenvalue weighted by molar-refractivity contribution is 0.0699. The molecule has 0 N–H and O–H groups in total. The summed E-state index contributed by atoms with van der Waals surface area (Å²) in [6.45, 7) is 1.80. The Kier molecular flexibility index (Phi) is 3.41. The second kappa shape index (κ2) is 5.48. The lowest BCUT2D eigenvalue weighted by atomic mass is 10.1. The van der Waals surface area contributed by atoms with Crippen molar-refractivity contribution in [3.05, 3.63) is 70.7 Å². The average molecular weight is 323 g/mol. The molecule has 2 aromatic carbocycles. The summed E-state index contributed by atoms with van der Waals surface area (Å²) in [6.07, 6.45) is 1.89. The minimum absolute atomic E-state index is 0.0537. The first-order valence-corrected chi connectivity index (χ1v) is 8.10. The predicted octanol–water partition coefficient (Wildman–Crippen LogP) is 4.64. The summed E-state index contributed by atoms with van der Waals surface area (Å²) in [4.78, 5) is 14.7. The van der Waals surface area contributed by atoms with E-state index in [2.05, 4.69) is 12.1 Å². The molecule has 0 aliphatic heterocycles. The molecule has 4 rings (SSSR count). The Bertz CT molecular complexity index is 944. The Morgan fingerprint density at radius 3 is 2.88 bits per heavy atom. The molecule has 1 amide bonds. The Hall–Kier alpha value is -2.62. The molecule has 0 spiro atoms. The number of benzene rings is 2. The number of furan rings is 1. The van der Waals surface area contributed by atoms with Gasteiger partial charge in [0.25, 0.3) is 5.91 Å². The van der Waals surface area contributed by atoms with Crippen molar-refractivity contribution in [2.75, 3.05) is 7.05 Å². The largest absolute Gasteiger partial charge is 0.451 e. The third-order valence-corrected chi connectivity index (χ3v) is 4.98. The molecule has 1 aliphatic carbocycles. The highest BCUT2D eigenvalue weighted by Gasteiger charge is 2.31. The molecule has 3 aromatic rings. The van der Waals surface area contributed by atoms with Gasteiger partial charge in [0.15, 0.2) is 5.76 Å². The number of hydrogen-bond acceptors (Lipinski definition) is 2. The molecule has 1 aliphatic rings. The lowest BCUT2D eigenvalue weighted by Crippen LogP contribution is -2.30. The summed E-state index contributed by atoms with van der Waals surface area (Å²) in [5.74, 6) is -0.197. The maximum absolute atomic E-state index is 13.5. The Morgan fingerprint density at radius 1 is 1.25 bits per heavy atom. The highest BCUT2D eigenvalue weighted by Crippen LogP contribution is 2.36. The first-order chi connectivity index (χ1) is 11.6. The quantitative estimate of drug-likeness (QED) is 0.688. The van der Waals surface area contributed by atoms with E-state index < -0.39 is 0 Å². The fourth-order valence-electron chi connectivity index (χ4n) is 3.64. The van der Waals surface area contributed by atoms with E-state index in [1.165, 1.54) is 23.3 Å². The van der Waals surface area contributed by atoms with Crippen LogP contribution in [0.1, 0.15) is 39.7 Å². The van der Waals surface area contributed by atoms with Gasteiger partial charge in [-0.1, -0.05) is 24.3 Å². The van der Waals surface area contributed by atoms with Crippen LogP contribution in [0.3, 0.4) is 0 Å². The lowest BCUT2D eigenvalue weighted by Gasteiger charge is -2.24. The van der Waals surface area contributed by atoms with Gasteiger partial charge in [0.1, 0.15) is 11.4 Å². The van der Waals surface area contributed by atoms with Crippen molar-refractivity contribution < 1.29 is 13.6 Å². The van der Waals surface area contributed by atoms with Crippen molar-refractivity contribution in [2.45, 2.75) is 25.8 Å². The number of rotatable bonds is 2. The minimum atomic E-state index is -0.330. The molecule has 0 bridgehead atoms. The third kappa shape index (κ3) is 2.21. The number of halogens is 1. The zero-order valence-electron chi connectivity index (χ0n) is 13.7. The highest BCUT2D eigenvalue weighted by molar-refractivity contribution is 5.99. The van der Waals surface area contributed by atoms with E-state index in [1.807, 2.05) is 19.2 Å². The zero-order chi connectivity index (χ0) is 16.8. The van der Waals surface area contributed by atoms with Crippen molar-refractivity contribution in [3.8, 4) is 0 Å². The number of carbonyl (C=O) groups is 1. The molecule has 0 radical (unpaired) electrons. The van der Waals surface area contributed by atoms with Gasteiger partial charge in [0.05, 0.1) is 6.04 Å². The minimum Gasteiger partial charge on any atom is -0.451 e. The highest BCUT2D eigenvalue weighted by atomic mass is 19.1. The Labute approximate surface area is 139 Å². The van der Waals surface area contributed by atoms with Crippen LogP contribution in [0.25, 0.3) is 11.0 Å². The van der Waals surface area contributed by atoms with Gasteiger partial charge in [-0.2, -0.15) is 0 Å². The van der Waals surface area contributed by atoms with Gasteiger partial charge in [-0.15, -0.1) is 0 Å². The maximum atomic E-state index is 13.5. The van der Waals surface area contributed by atoms with Crippen LogP contribution < -0.4 is 0 Å². The van der Waals surface area contributed by atoms with E-state index in [1.54, 1.807) is 17.9 Å². The number of carbonyl (C=O) groups excluding carboxylic acids is 1. The zero-order valence-corrected chi connectivity index (χ0v) is 13.7. The number of aryl methyl sites for hydroxylation is 2. The van der Waals surface area contributed by atoms with Crippen molar-refractivity contribution >= 4 is 16.9 Å². The van der Waals surface area contributed by atoms with Crippen LogP contribution in [0.2, 0.25) is 0 Å². The van der Waals surface area contributed by atoms with Crippen LogP contribution in [0.4, 0.5) is 4.39 Å². The van der Waals surface area contributed by atoms with Crippen LogP contribution in [-0.4, -0.2) is 17.9 Å². The molecule has 0 fully saturated rings. The molecule has 1 aromatic heterocycles. The Balaban J connectivity index is 1.70. The van der Waals surface area contributed by atoms with Gasteiger partial charge >= 0.3 is 0 Å². The molecular weight excluding hydrogens is 305 g/mol. The van der Waals surface area contributed by atoms with Gasteiger partial charge in [0, 0.05) is 18.0 Å². The van der Waals surface area contributed by atoms with Gasteiger partial charge in [-0.25, -0.2) is 4.39 Å². The SMILES string of the molecule is Cc1c(C(=O)N(C)[C@@H]2CCc3ccccc32)oc2ccc(F)cc12. The van der Waals surface area contributed by atoms with Gasteiger partial charge in [-0.05, 0) is 49.1 Å². The van der Waals surface area contributed by atoms with Crippen LogP contribution in [0, 0.1) is 12.7 Å². The van der Waals surface area contributed by atoms with Crippen molar-refractivity contribution in [1.82, 2.24) is 4.90 Å². The summed E-state index contributed by atoms with van der Waals surface area (Å²) in [6, 6.07) is 12.6. The van der Waals surface area contributed by atoms with E-state index in [0.29, 0.717) is 22.3 Å². The fourth-order valence-corrected chi connectivity index (χ4v) is 3.64. The summed E-state index contributed by atoms with van der Waals surface area (Å²) in [5, 5.41) is 0.651. The molecular formula is C20H18FNO2. The third-order valence-electron chi connectivity index (χ3n) is 4.98. The first kappa shape index (κ1) is 14.9. The van der Waals surface area contributed by atoms with E-state index in [0.717, 1.165) is 12.8 Å². The number of hydrogen-bond donors (Lipinski definition) is 0. The van der Waals surface area contributed by atoms with E-state index in [-0.39, 0.29) is 17.8 Å². The molecule has 1 heterocycles. The predicted molar refractivity (Wildman–Crippen MR) is 90.5 cm³/mol. The standard InChI is InChI=1S/C20H18FNO2/c1-12-16-11-14(21)8-10-18(16)24-19(12)20(23)22(2)17-9-7-13-5-3-4-6-15(13)17/h3-6,8,10-11,17H,7,9H2,1-2H3/t17-/m1/s1. The number of nitrogens with zero attached hydrogens (tertiary/aromatic N) is 1. The number of amides is 1. The topological polar surface area (TPSA) is 33.5 Å². The molecule has 0 saturated carbocycles. The van der Waals surface area contributed by atoms with Gasteiger partial charge in [0.2, 0.25) is 0 Å². The second-order valence-electron chi connectivity index (χ2n) is 6.37. The van der Waals surface area contributed by atoms with E-state index >= 15 is 0 Å². The summed E-state index contributed by atoms with van der Waals surface area (Å²) >= 11 is 0. The molecule has 0 saturated heterocycles. The van der Waals surface area contributed by atoms with Crippen LogP contribution in [0.5, 0.6) is 0 Å². The van der Waals surface area contributed by atoms with Crippen molar-refractivity contribution in [3.63, 3.8) is 0 Å². The smallest absolute Gasteiger partial charge is 0.290 e. The average Bonchev–Trinajstić information content (AvgIpc) is 3.15. The number of fused-ring (bicyclic) bond motifs is 2. The Morgan fingerprint density at radius 2 is 2.04 bits per heavy atom. The maximum Gasteiger partial charge on any atom is 0.290 e. The summed E-state index contributed by atoms with van der Waals surface area (Å²) in [7, 11) is 1.81. The van der Waals surface area contributed by atoms with Crippen molar-refractivity contribution in [2.24, 2.45) is 0 Å². The van der Waals surface area contributed by atoms with Crippen molar-refractivity contribution in [1.29, 1.82) is 0 Å². The van der Waals surface area contributed by atoms with Crippen LogP contribution in [-0.2, 0) is 6.42 Å². The normalized spacial score (nSPS) is 16.4. The molecule has 1 atom stereocenters. The monoisotopic (exact) mass is 323 g/mol.